The van der Waals surface area contributed by atoms with E-state index >= 15 is 0 Å². The zero-order valence-electron chi connectivity index (χ0n) is 11.0. The number of piperazine rings is 1. The van der Waals surface area contributed by atoms with Crippen LogP contribution in [0.15, 0.2) is 27.6 Å². The molecule has 1 heterocycles. The lowest BCUT2D eigenvalue weighted by atomic mass is 10.3. The fraction of sp³-hybridized carbons (Fsp3) is 0.417. The number of benzene rings is 1. The lowest BCUT2D eigenvalue weighted by molar-refractivity contribution is -0.138. The minimum Gasteiger partial charge on any atom is -0.480 e. The summed E-state index contributed by atoms with van der Waals surface area (Å²) in [6, 6.07) is 3.79. The molecule has 2 rings (SSSR count). The number of halogens is 2. The van der Waals surface area contributed by atoms with Gasteiger partial charge in [0.05, 0.1) is 6.54 Å². The average molecular weight is 381 g/mol. The first-order valence-corrected chi connectivity index (χ1v) is 8.43. The quantitative estimate of drug-likeness (QED) is 0.842. The van der Waals surface area contributed by atoms with Gasteiger partial charge in [0, 0.05) is 30.7 Å². The van der Waals surface area contributed by atoms with Crippen LogP contribution in [-0.4, -0.2) is 61.4 Å². The number of carboxylic acid groups (broad SMARTS) is 1. The van der Waals surface area contributed by atoms with Gasteiger partial charge in [-0.3, -0.25) is 9.69 Å². The van der Waals surface area contributed by atoms with E-state index in [9.17, 15) is 17.6 Å². The number of sulfonamides is 1. The Bertz CT molecular complexity index is 645. The first kappa shape index (κ1) is 16.3. The van der Waals surface area contributed by atoms with Gasteiger partial charge >= 0.3 is 5.97 Å². The van der Waals surface area contributed by atoms with Crippen LogP contribution in [0.5, 0.6) is 0 Å². The molecule has 1 N–H and O–H groups in total. The summed E-state index contributed by atoms with van der Waals surface area (Å²) in [7, 11) is -3.90. The summed E-state index contributed by atoms with van der Waals surface area (Å²) < 4.78 is 40.2. The van der Waals surface area contributed by atoms with E-state index in [0.717, 1.165) is 6.07 Å². The summed E-state index contributed by atoms with van der Waals surface area (Å²) in [5.74, 6) is -1.76. The van der Waals surface area contributed by atoms with Crippen molar-refractivity contribution < 1.29 is 22.7 Å². The van der Waals surface area contributed by atoms with Gasteiger partial charge in [-0.2, -0.15) is 4.31 Å². The van der Waals surface area contributed by atoms with Gasteiger partial charge in [-0.1, -0.05) is 15.9 Å². The lowest BCUT2D eigenvalue weighted by Gasteiger charge is -2.33. The molecule has 1 aliphatic heterocycles. The van der Waals surface area contributed by atoms with Crippen molar-refractivity contribution in [2.24, 2.45) is 0 Å². The van der Waals surface area contributed by atoms with E-state index in [1.807, 2.05) is 0 Å². The Morgan fingerprint density at radius 2 is 1.90 bits per heavy atom. The van der Waals surface area contributed by atoms with E-state index in [1.54, 1.807) is 4.90 Å². The van der Waals surface area contributed by atoms with Crippen molar-refractivity contribution in [1.82, 2.24) is 9.21 Å². The van der Waals surface area contributed by atoms with E-state index in [-0.39, 0.29) is 24.5 Å². The van der Waals surface area contributed by atoms with Gasteiger partial charge in [-0.05, 0) is 18.2 Å². The number of nitrogens with zero attached hydrogens (tertiary/aromatic N) is 2. The molecule has 9 heteroatoms. The van der Waals surface area contributed by atoms with E-state index < -0.39 is 21.8 Å². The van der Waals surface area contributed by atoms with Crippen LogP contribution in [0.1, 0.15) is 0 Å². The summed E-state index contributed by atoms with van der Waals surface area (Å²) in [4.78, 5) is 11.9. The predicted octanol–water partition coefficient (Wildman–Crippen LogP) is 0.979. The van der Waals surface area contributed by atoms with Crippen LogP contribution >= 0.6 is 15.9 Å². The minimum atomic E-state index is -3.90. The Labute approximate surface area is 130 Å². The first-order chi connectivity index (χ1) is 9.80. The van der Waals surface area contributed by atoms with Crippen molar-refractivity contribution in [2.45, 2.75) is 4.90 Å². The topological polar surface area (TPSA) is 77.9 Å². The number of carbonyl (C=O) groups is 1. The van der Waals surface area contributed by atoms with Crippen LogP contribution in [0, 0.1) is 5.82 Å². The fourth-order valence-corrected chi connectivity index (χ4v) is 3.94. The molecule has 0 radical (unpaired) electrons. The number of hydrogen-bond acceptors (Lipinski definition) is 4. The molecule has 0 unspecified atom stereocenters. The average Bonchev–Trinajstić information content (AvgIpc) is 2.38. The molecule has 1 saturated heterocycles. The standard InChI is InChI=1S/C12H14BrFN2O4S/c13-9-1-2-11(10(14)7-9)21(19,20)16-5-3-15(4-6-16)8-12(17)18/h1-2,7H,3-6,8H2,(H,17,18). The van der Waals surface area contributed by atoms with Gasteiger partial charge in [0.25, 0.3) is 0 Å². The van der Waals surface area contributed by atoms with Gasteiger partial charge in [-0.25, -0.2) is 12.8 Å². The zero-order valence-corrected chi connectivity index (χ0v) is 13.4. The number of hydrogen-bond donors (Lipinski definition) is 1. The second kappa shape index (κ2) is 6.39. The number of carboxylic acids is 1. The Kier molecular flexibility index (Phi) is 4.97. The highest BCUT2D eigenvalue weighted by Gasteiger charge is 2.30. The van der Waals surface area contributed by atoms with Crippen molar-refractivity contribution in [3.05, 3.63) is 28.5 Å². The molecule has 1 fully saturated rings. The summed E-state index contributed by atoms with van der Waals surface area (Å²) in [6.07, 6.45) is 0. The molecule has 6 nitrogen and oxygen atoms in total. The molecule has 0 spiro atoms. The highest BCUT2D eigenvalue weighted by molar-refractivity contribution is 9.10. The third-order valence-electron chi connectivity index (χ3n) is 3.20. The summed E-state index contributed by atoms with van der Waals surface area (Å²) in [5.41, 5.74) is 0. The monoisotopic (exact) mass is 380 g/mol. The molecule has 21 heavy (non-hydrogen) atoms. The normalized spacial score (nSPS) is 17.8. The van der Waals surface area contributed by atoms with Crippen molar-refractivity contribution in [3.8, 4) is 0 Å². The molecule has 1 aromatic rings. The van der Waals surface area contributed by atoms with Crippen LogP contribution in [0.2, 0.25) is 0 Å². The molecule has 1 aromatic carbocycles. The predicted molar refractivity (Wildman–Crippen MR) is 76.9 cm³/mol. The summed E-state index contributed by atoms with van der Waals surface area (Å²) in [5, 5.41) is 8.70. The van der Waals surface area contributed by atoms with E-state index in [4.69, 9.17) is 5.11 Å². The maximum Gasteiger partial charge on any atom is 0.317 e. The number of aliphatic carboxylic acids is 1. The lowest BCUT2D eigenvalue weighted by Crippen LogP contribution is -2.49. The van der Waals surface area contributed by atoms with Crippen LogP contribution in [0.25, 0.3) is 0 Å². The molecule has 0 aromatic heterocycles. The Morgan fingerprint density at radius 1 is 1.29 bits per heavy atom. The maximum absolute atomic E-state index is 13.8. The van der Waals surface area contributed by atoms with E-state index in [1.165, 1.54) is 16.4 Å². The van der Waals surface area contributed by atoms with Gasteiger partial charge in [0.2, 0.25) is 10.0 Å². The van der Waals surface area contributed by atoms with Crippen molar-refractivity contribution in [3.63, 3.8) is 0 Å². The Morgan fingerprint density at radius 3 is 2.43 bits per heavy atom. The summed E-state index contributed by atoms with van der Waals surface area (Å²) >= 11 is 3.08. The van der Waals surface area contributed by atoms with E-state index in [2.05, 4.69) is 15.9 Å². The third kappa shape index (κ3) is 3.79. The van der Waals surface area contributed by atoms with Gasteiger partial charge in [-0.15, -0.1) is 0 Å². The molecule has 0 aliphatic carbocycles. The Balaban J connectivity index is 2.13. The zero-order chi connectivity index (χ0) is 15.6. The number of rotatable bonds is 4. The largest absolute Gasteiger partial charge is 0.480 e. The second-order valence-electron chi connectivity index (χ2n) is 4.65. The SMILES string of the molecule is O=C(O)CN1CCN(S(=O)(=O)c2ccc(Br)cc2F)CC1. The molecule has 0 bridgehead atoms. The molecular weight excluding hydrogens is 367 g/mol. The van der Waals surface area contributed by atoms with Crippen LogP contribution in [0.4, 0.5) is 4.39 Å². The van der Waals surface area contributed by atoms with Gasteiger partial charge in [0.1, 0.15) is 10.7 Å². The van der Waals surface area contributed by atoms with E-state index in [0.29, 0.717) is 17.6 Å². The summed E-state index contributed by atoms with van der Waals surface area (Å²) in [6.45, 7) is 0.782. The smallest absolute Gasteiger partial charge is 0.317 e. The van der Waals surface area contributed by atoms with Gasteiger partial charge < -0.3 is 5.11 Å². The highest BCUT2D eigenvalue weighted by Crippen LogP contribution is 2.23. The highest BCUT2D eigenvalue weighted by atomic mass is 79.9. The van der Waals surface area contributed by atoms with Crippen LogP contribution in [0.3, 0.4) is 0 Å². The molecule has 1 aliphatic rings. The second-order valence-corrected chi connectivity index (χ2v) is 7.47. The minimum absolute atomic E-state index is 0.124. The molecule has 0 amide bonds. The van der Waals surface area contributed by atoms with Gasteiger partial charge in [0.15, 0.2) is 0 Å². The van der Waals surface area contributed by atoms with Crippen molar-refractivity contribution in [2.75, 3.05) is 32.7 Å². The van der Waals surface area contributed by atoms with Crippen LogP contribution < -0.4 is 0 Å². The van der Waals surface area contributed by atoms with Crippen molar-refractivity contribution >= 4 is 31.9 Å². The van der Waals surface area contributed by atoms with Crippen LogP contribution in [-0.2, 0) is 14.8 Å². The molecule has 0 saturated carbocycles. The molecular formula is C12H14BrFN2O4S. The molecule has 0 atom stereocenters. The molecule has 116 valence electrons. The third-order valence-corrected chi connectivity index (χ3v) is 5.63. The maximum atomic E-state index is 13.8. The van der Waals surface area contributed by atoms with Crippen molar-refractivity contribution in [1.29, 1.82) is 0 Å². The fourth-order valence-electron chi connectivity index (χ4n) is 2.14. The first-order valence-electron chi connectivity index (χ1n) is 6.20. The Hall–Kier alpha value is -1.03.